The first kappa shape index (κ1) is 12.1. The molecule has 0 bridgehead atoms. The molecule has 0 unspecified atom stereocenters. The number of hydrogen-bond acceptors (Lipinski definition) is 5. The number of nitrogen functional groups attached to an aromatic ring is 1. The Morgan fingerprint density at radius 2 is 2.18 bits per heavy atom. The van der Waals surface area contributed by atoms with Crippen molar-refractivity contribution in [3.63, 3.8) is 0 Å². The molecule has 3 N–H and O–H groups in total. The van der Waals surface area contributed by atoms with Crippen molar-refractivity contribution >= 4 is 11.5 Å². The van der Waals surface area contributed by atoms with Crippen LogP contribution in [0.2, 0.25) is 0 Å². The fourth-order valence-electron chi connectivity index (χ4n) is 2.25. The van der Waals surface area contributed by atoms with E-state index in [1.807, 2.05) is 12.1 Å². The van der Waals surface area contributed by atoms with Crippen molar-refractivity contribution in [2.45, 2.75) is 6.42 Å². The maximum Gasteiger partial charge on any atom is 0.146 e. The molecule has 1 aromatic heterocycles. The van der Waals surface area contributed by atoms with Gasteiger partial charge in [-0.05, 0) is 25.1 Å². The second-order valence-electron chi connectivity index (χ2n) is 4.31. The van der Waals surface area contributed by atoms with Crippen LogP contribution in [0.3, 0.4) is 0 Å². The van der Waals surface area contributed by atoms with Gasteiger partial charge >= 0.3 is 0 Å². The average Bonchev–Trinajstić information content (AvgIpc) is 2.56. The van der Waals surface area contributed by atoms with Gasteiger partial charge in [0.15, 0.2) is 0 Å². The molecule has 0 amide bonds. The minimum absolute atomic E-state index is 0.231. The van der Waals surface area contributed by atoms with Gasteiger partial charge < -0.3 is 15.7 Å². The number of nitrogens with zero attached hydrogens (tertiary/aromatic N) is 3. The molecule has 0 aliphatic carbocycles. The van der Waals surface area contributed by atoms with E-state index in [4.69, 9.17) is 10.8 Å². The summed E-state index contributed by atoms with van der Waals surface area (Å²) in [5.74, 6) is 0.600. The lowest BCUT2D eigenvalue weighted by atomic mass is 10.3. The summed E-state index contributed by atoms with van der Waals surface area (Å²) in [7, 11) is 0. The number of nitrogens with two attached hydrogens (primary N) is 1. The fraction of sp³-hybridized carbons (Fsp3) is 0.583. The predicted molar refractivity (Wildman–Crippen MR) is 69.0 cm³/mol. The van der Waals surface area contributed by atoms with Crippen LogP contribution < -0.4 is 10.6 Å². The summed E-state index contributed by atoms with van der Waals surface area (Å²) in [6, 6.07) is 3.94. The number of aliphatic hydroxyl groups is 1. The van der Waals surface area contributed by atoms with Gasteiger partial charge in [0.1, 0.15) is 5.82 Å². The van der Waals surface area contributed by atoms with Crippen molar-refractivity contribution in [1.29, 1.82) is 0 Å². The van der Waals surface area contributed by atoms with Crippen LogP contribution in [0, 0.1) is 0 Å². The van der Waals surface area contributed by atoms with Crippen LogP contribution in [0.1, 0.15) is 6.42 Å². The highest BCUT2D eigenvalue weighted by Crippen LogP contribution is 2.21. The highest BCUT2D eigenvalue weighted by Gasteiger charge is 2.16. The molecule has 1 saturated heterocycles. The van der Waals surface area contributed by atoms with Crippen molar-refractivity contribution in [1.82, 2.24) is 9.88 Å². The smallest absolute Gasteiger partial charge is 0.146 e. The maximum absolute atomic E-state index is 8.95. The first-order chi connectivity index (χ1) is 8.31. The van der Waals surface area contributed by atoms with Crippen LogP contribution in [0.5, 0.6) is 0 Å². The Morgan fingerprint density at radius 1 is 1.29 bits per heavy atom. The first-order valence-electron chi connectivity index (χ1n) is 6.10. The van der Waals surface area contributed by atoms with E-state index in [-0.39, 0.29) is 6.61 Å². The minimum Gasteiger partial charge on any atom is -0.395 e. The molecule has 1 aliphatic heterocycles. The Morgan fingerprint density at radius 3 is 2.94 bits per heavy atom. The molecule has 0 radical (unpaired) electrons. The number of aliphatic hydroxyl groups excluding tert-OH is 1. The summed E-state index contributed by atoms with van der Waals surface area (Å²) in [5, 5.41) is 8.95. The van der Waals surface area contributed by atoms with E-state index in [0.29, 0.717) is 5.82 Å². The summed E-state index contributed by atoms with van der Waals surface area (Å²) in [6.07, 6.45) is 2.81. The molecule has 0 saturated carbocycles. The topological polar surface area (TPSA) is 65.6 Å². The van der Waals surface area contributed by atoms with Crippen LogP contribution in [-0.4, -0.2) is 54.3 Å². The van der Waals surface area contributed by atoms with Gasteiger partial charge in [-0.25, -0.2) is 4.98 Å². The summed E-state index contributed by atoms with van der Waals surface area (Å²) in [4.78, 5) is 8.68. The molecule has 1 aromatic rings. The second kappa shape index (κ2) is 5.84. The molecule has 5 nitrogen and oxygen atoms in total. The largest absolute Gasteiger partial charge is 0.395 e. The zero-order valence-corrected chi connectivity index (χ0v) is 10.0. The van der Waals surface area contributed by atoms with Crippen molar-refractivity contribution in [2.75, 3.05) is 50.0 Å². The lowest BCUT2D eigenvalue weighted by Gasteiger charge is -2.24. The van der Waals surface area contributed by atoms with Crippen molar-refractivity contribution < 1.29 is 5.11 Å². The Kier molecular flexibility index (Phi) is 4.17. The summed E-state index contributed by atoms with van der Waals surface area (Å²) in [5.41, 5.74) is 6.92. The predicted octanol–water partition coefficient (Wildman–Crippen LogP) is 0.168. The van der Waals surface area contributed by atoms with E-state index in [0.717, 1.165) is 44.8 Å². The molecule has 2 heterocycles. The van der Waals surface area contributed by atoms with Gasteiger partial charge in [-0.3, -0.25) is 4.90 Å². The molecule has 1 aliphatic rings. The van der Waals surface area contributed by atoms with Gasteiger partial charge in [-0.1, -0.05) is 0 Å². The normalized spacial score (nSPS) is 18.1. The van der Waals surface area contributed by atoms with Crippen molar-refractivity contribution in [3.8, 4) is 0 Å². The molecule has 2 rings (SSSR count). The van der Waals surface area contributed by atoms with Crippen molar-refractivity contribution in [2.24, 2.45) is 0 Å². The molecule has 0 spiro atoms. The fourth-order valence-corrected chi connectivity index (χ4v) is 2.25. The maximum atomic E-state index is 8.95. The van der Waals surface area contributed by atoms with E-state index in [9.17, 15) is 0 Å². The Balaban J connectivity index is 2.01. The monoisotopic (exact) mass is 236 g/mol. The van der Waals surface area contributed by atoms with E-state index in [1.165, 1.54) is 0 Å². The van der Waals surface area contributed by atoms with Gasteiger partial charge in [0.05, 0.1) is 12.3 Å². The number of rotatable bonds is 3. The molecular weight excluding hydrogens is 216 g/mol. The third-order valence-corrected chi connectivity index (χ3v) is 3.16. The SMILES string of the molecule is Nc1ncccc1N1CCCN(CCO)CC1. The number of anilines is 2. The third-order valence-electron chi connectivity index (χ3n) is 3.16. The van der Waals surface area contributed by atoms with Crippen LogP contribution >= 0.6 is 0 Å². The summed E-state index contributed by atoms with van der Waals surface area (Å²) < 4.78 is 0. The van der Waals surface area contributed by atoms with Crippen LogP contribution in [0.25, 0.3) is 0 Å². The first-order valence-corrected chi connectivity index (χ1v) is 6.10. The zero-order valence-electron chi connectivity index (χ0n) is 10.0. The van der Waals surface area contributed by atoms with Crippen molar-refractivity contribution in [3.05, 3.63) is 18.3 Å². The minimum atomic E-state index is 0.231. The van der Waals surface area contributed by atoms with E-state index < -0.39 is 0 Å². The average molecular weight is 236 g/mol. The number of hydrogen-bond donors (Lipinski definition) is 2. The van der Waals surface area contributed by atoms with E-state index in [2.05, 4.69) is 14.8 Å². The third kappa shape index (κ3) is 3.08. The van der Waals surface area contributed by atoms with Gasteiger partial charge in [-0.15, -0.1) is 0 Å². The molecule has 1 fully saturated rings. The van der Waals surface area contributed by atoms with E-state index >= 15 is 0 Å². The Hall–Kier alpha value is -1.33. The zero-order chi connectivity index (χ0) is 12.1. The molecule has 0 aromatic carbocycles. The van der Waals surface area contributed by atoms with Gasteiger partial charge in [0, 0.05) is 32.4 Å². The second-order valence-corrected chi connectivity index (χ2v) is 4.31. The highest BCUT2D eigenvalue weighted by atomic mass is 16.3. The quantitative estimate of drug-likeness (QED) is 0.783. The number of β-amino-alcohol motifs (C(OH)–C–C–N with tert-alkyl or cyclic N) is 1. The summed E-state index contributed by atoms with van der Waals surface area (Å²) in [6.45, 7) is 4.94. The summed E-state index contributed by atoms with van der Waals surface area (Å²) >= 11 is 0. The van der Waals surface area contributed by atoms with Gasteiger partial charge in [-0.2, -0.15) is 0 Å². The number of aromatic nitrogens is 1. The number of pyridine rings is 1. The molecular formula is C12H20N4O. The lowest BCUT2D eigenvalue weighted by molar-refractivity contribution is 0.204. The van der Waals surface area contributed by atoms with Gasteiger partial charge in [0.2, 0.25) is 0 Å². The molecule has 5 heteroatoms. The molecule has 0 atom stereocenters. The standard InChI is InChI=1S/C12H20N4O/c13-12-11(3-1-4-14-12)16-6-2-5-15(7-8-16)9-10-17/h1,3-4,17H,2,5-10H2,(H2,13,14). The lowest BCUT2D eigenvalue weighted by Crippen LogP contribution is -2.32. The van der Waals surface area contributed by atoms with Crippen LogP contribution in [-0.2, 0) is 0 Å². The van der Waals surface area contributed by atoms with E-state index in [1.54, 1.807) is 6.20 Å². The van der Waals surface area contributed by atoms with Crippen LogP contribution in [0.4, 0.5) is 11.5 Å². The Bertz CT molecular complexity index is 358. The van der Waals surface area contributed by atoms with Crippen LogP contribution in [0.15, 0.2) is 18.3 Å². The molecule has 17 heavy (non-hydrogen) atoms. The molecule has 94 valence electrons. The van der Waals surface area contributed by atoms with Gasteiger partial charge in [0.25, 0.3) is 0 Å². The highest BCUT2D eigenvalue weighted by molar-refractivity contribution is 5.62. The Labute approximate surface area is 102 Å².